The minimum Gasteiger partial charge on any atom is -0.450 e. The van der Waals surface area contributed by atoms with Crippen LogP contribution in [0.3, 0.4) is 0 Å². The second-order valence-corrected chi connectivity index (χ2v) is 5.42. The van der Waals surface area contributed by atoms with E-state index in [1.54, 1.807) is 12.1 Å². The Morgan fingerprint density at radius 1 is 1.04 bits per heavy atom. The quantitative estimate of drug-likeness (QED) is 0.596. The first kappa shape index (κ1) is 13.7. The lowest BCUT2D eigenvalue weighted by Crippen LogP contribution is -2.08. The second kappa shape index (κ2) is 5.35. The summed E-state index contributed by atoms with van der Waals surface area (Å²) in [4.78, 5) is 8.62. The molecule has 0 spiro atoms. The molecule has 5 heteroatoms. The fourth-order valence-corrected chi connectivity index (χ4v) is 2.67. The van der Waals surface area contributed by atoms with Crippen molar-refractivity contribution in [2.45, 2.75) is 13.0 Å². The highest BCUT2D eigenvalue weighted by molar-refractivity contribution is 6.05. The van der Waals surface area contributed by atoms with Crippen LogP contribution in [0.25, 0.3) is 22.1 Å². The highest BCUT2D eigenvalue weighted by Crippen LogP contribution is 2.31. The Labute approximate surface area is 132 Å². The van der Waals surface area contributed by atoms with Crippen LogP contribution in [0.2, 0.25) is 0 Å². The van der Waals surface area contributed by atoms with Crippen LogP contribution in [0.4, 0.5) is 10.2 Å². The largest absolute Gasteiger partial charge is 0.450 e. The molecule has 4 nitrogen and oxygen atoms in total. The van der Waals surface area contributed by atoms with Crippen LogP contribution in [0, 0.1) is 5.82 Å². The summed E-state index contributed by atoms with van der Waals surface area (Å²) in [6, 6.07) is 14.1. The number of nitrogens with zero attached hydrogens (tertiary/aromatic N) is 2. The van der Waals surface area contributed by atoms with E-state index in [1.165, 1.54) is 18.5 Å². The maximum absolute atomic E-state index is 13.0. The normalized spacial score (nSPS) is 12.6. The number of hydrogen-bond acceptors (Lipinski definition) is 4. The van der Waals surface area contributed by atoms with Crippen molar-refractivity contribution < 1.29 is 8.81 Å². The van der Waals surface area contributed by atoms with Crippen LogP contribution in [-0.2, 0) is 0 Å². The molecule has 114 valence electrons. The standard InChI is InChI=1S/C18H14FN3O/c1-11(12-6-8-13(19)9-7-12)22-18-17-16(20-10-21-18)14-4-2-3-5-15(14)23-17/h2-11H,1H3,(H,20,21,22)/t11-/m1/s1. The zero-order valence-corrected chi connectivity index (χ0v) is 12.5. The van der Waals surface area contributed by atoms with Gasteiger partial charge in [0.25, 0.3) is 0 Å². The van der Waals surface area contributed by atoms with Crippen LogP contribution in [0.5, 0.6) is 0 Å². The van der Waals surface area contributed by atoms with Gasteiger partial charge in [0, 0.05) is 5.39 Å². The van der Waals surface area contributed by atoms with E-state index < -0.39 is 0 Å². The summed E-state index contributed by atoms with van der Waals surface area (Å²) < 4.78 is 18.9. The van der Waals surface area contributed by atoms with Crippen molar-refractivity contribution >= 4 is 27.9 Å². The van der Waals surface area contributed by atoms with Gasteiger partial charge in [-0.15, -0.1) is 0 Å². The van der Waals surface area contributed by atoms with E-state index >= 15 is 0 Å². The first-order valence-electron chi connectivity index (χ1n) is 7.36. The van der Waals surface area contributed by atoms with E-state index in [2.05, 4.69) is 15.3 Å². The van der Waals surface area contributed by atoms with E-state index in [0.717, 1.165) is 22.0 Å². The predicted octanol–water partition coefficient (Wildman–Crippen LogP) is 4.69. The number of nitrogens with one attached hydrogen (secondary N) is 1. The lowest BCUT2D eigenvalue weighted by molar-refractivity contribution is 0.626. The first-order valence-corrected chi connectivity index (χ1v) is 7.36. The molecule has 0 aliphatic heterocycles. The molecule has 0 aliphatic carbocycles. The molecule has 2 aromatic heterocycles. The molecular formula is C18H14FN3O. The van der Waals surface area contributed by atoms with E-state index in [4.69, 9.17) is 4.42 Å². The number of para-hydroxylation sites is 1. The van der Waals surface area contributed by atoms with Crippen molar-refractivity contribution in [2.75, 3.05) is 5.32 Å². The van der Waals surface area contributed by atoms with Crippen molar-refractivity contribution in [3.63, 3.8) is 0 Å². The number of benzene rings is 2. The summed E-state index contributed by atoms with van der Waals surface area (Å²) in [6.45, 7) is 1.99. The molecule has 0 fully saturated rings. The summed E-state index contributed by atoms with van der Waals surface area (Å²) in [5.41, 5.74) is 3.15. The molecule has 4 aromatic rings. The van der Waals surface area contributed by atoms with Crippen molar-refractivity contribution in [1.82, 2.24) is 9.97 Å². The molecule has 0 aliphatic rings. The van der Waals surface area contributed by atoms with Gasteiger partial charge in [0.15, 0.2) is 11.4 Å². The third-order valence-electron chi connectivity index (χ3n) is 3.88. The fourth-order valence-electron chi connectivity index (χ4n) is 2.67. The van der Waals surface area contributed by atoms with Gasteiger partial charge in [0.05, 0.1) is 6.04 Å². The summed E-state index contributed by atoms with van der Waals surface area (Å²) >= 11 is 0. The molecule has 0 saturated heterocycles. The summed E-state index contributed by atoms with van der Waals surface area (Å²) in [5.74, 6) is 0.380. The number of fused-ring (bicyclic) bond motifs is 3. The van der Waals surface area contributed by atoms with Gasteiger partial charge in [-0.3, -0.25) is 0 Å². The minimum absolute atomic E-state index is 0.0399. The number of anilines is 1. The third-order valence-corrected chi connectivity index (χ3v) is 3.88. The number of halogens is 1. The monoisotopic (exact) mass is 307 g/mol. The molecule has 2 aromatic carbocycles. The van der Waals surface area contributed by atoms with Gasteiger partial charge in [-0.2, -0.15) is 0 Å². The van der Waals surface area contributed by atoms with Crippen LogP contribution in [0.15, 0.2) is 59.3 Å². The van der Waals surface area contributed by atoms with Crippen molar-refractivity contribution in [2.24, 2.45) is 0 Å². The summed E-state index contributed by atoms with van der Waals surface area (Å²) in [5, 5.41) is 4.27. The Hall–Kier alpha value is -2.95. The Bertz CT molecular complexity index is 979. The van der Waals surface area contributed by atoms with Gasteiger partial charge in [0.2, 0.25) is 0 Å². The van der Waals surface area contributed by atoms with Gasteiger partial charge in [0.1, 0.15) is 23.2 Å². The number of hydrogen-bond donors (Lipinski definition) is 1. The van der Waals surface area contributed by atoms with E-state index in [1.807, 2.05) is 31.2 Å². The zero-order valence-electron chi connectivity index (χ0n) is 12.5. The number of rotatable bonds is 3. The minimum atomic E-state index is -0.248. The molecule has 0 radical (unpaired) electrons. The highest BCUT2D eigenvalue weighted by atomic mass is 19.1. The average molecular weight is 307 g/mol. The van der Waals surface area contributed by atoms with Crippen molar-refractivity contribution in [1.29, 1.82) is 0 Å². The van der Waals surface area contributed by atoms with Crippen LogP contribution in [0.1, 0.15) is 18.5 Å². The molecule has 2 heterocycles. The second-order valence-electron chi connectivity index (χ2n) is 5.42. The van der Waals surface area contributed by atoms with Gasteiger partial charge >= 0.3 is 0 Å². The maximum Gasteiger partial charge on any atom is 0.196 e. The van der Waals surface area contributed by atoms with Crippen LogP contribution >= 0.6 is 0 Å². The number of furan rings is 1. The predicted molar refractivity (Wildman–Crippen MR) is 87.7 cm³/mol. The SMILES string of the molecule is C[C@@H](Nc1ncnc2c1oc1ccccc12)c1ccc(F)cc1. The molecule has 1 atom stereocenters. The molecule has 4 rings (SSSR count). The first-order chi connectivity index (χ1) is 11.2. The van der Waals surface area contributed by atoms with E-state index in [0.29, 0.717) is 11.4 Å². The molecule has 0 amide bonds. The lowest BCUT2D eigenvalue weighted by Gasteiger charge is -2.14. The van der Waals surface area contributed by atoms with Crippen LogP contribution < -0.4 is 5.32 Å². The molecule has 23 heavy (non-hydrogen) atoms. The molecule has 1 N–H and O–H groups in total. The van der Waals surface area contributed by atoms with Gasteiger partial charge < -0.3 is 9.73 Å². The van der Waals surface area contributed by atoms with Gasteiger partial charge in [-0.1, -0.05) is 24.3 Å². The van der Waals surface area contributed by atoms with Crippen LogP contribution in [-0.4, -0.2) is 9.97 Å². The summed E-state index contributed by atoms with van der Waals surface area (Å²) in [6.07, 6.45) is 1.52. The molecule has 0 saturated carbocycles. The maximum atomic E-state index is 13.0. The average Bonchev–Trinajstić information content (AvgIpc) is 2.95. The zero-order chi connectivity index (χ0) is 15.8. The van der Waals surface area contributed by atoms with Crippen molar-refractivity contribution in [3.8, 4) is 0 Å². The Morgan fingerprint density at radius 2 is 1.83 bits per heavy atom. The third kappa shape index (κ3) is 2.40. The topological polar surface area (TPSA) is 51.0 Å². The molecule has 0 bridgehead atoms. The highest BCUT2D eigenvalue weighted by Gasteiger charge is 2.15. The smallest absolute Gasteiger partial charge is 0.196 e. The van der Waals surface area contributed by atoms with Crippen molar-refractivity contribution in [3.05, 3.63) is 66.2 Å². The Balaban J connectivity index is 1.75. The number of aromatic nitrogens is 2. The van der Waals surface area contributed by atoms with Gasteiger partial charge in [-0.05, 0) is 36.8 Å². The van der Waals surface area contributed by atoms with E-state index in [-0.39, 0.29) is 11.9 Å². The summed E-state index contributed by atoms with van der Waals surface area (Å²) in [7, 11) is 0. The van der Waals surface area contributed by atoms with E-state index in [9.17, 15) is 4.39 Å². The Kier molecular flexibility index (Phi) is 3.19. The lowest BCUT2D eigenvalue weighted by atomic mass is 10.1. The molecule has 0 unspecified atom stereocenters. The molecular weight excluding hydrogens is 293 g/mol. The van der Waals surface area contributed by atoms with Gasteiger partial charge in [-0.25, -0.2) is 14.4 Å². The Morgan fingerprint density at radius 3 is 2.65 bits per heavy atom. The fraction of sp³-hybridized carbons (Fsp3) is 0.111.